The third-order valence-electron chi connectivity index (χ3n) is 4.86. The lowest BCUT2D eigenvalue weighted by atomic mass is 9.89. The highest BCUT2D eigenvalue weighted by Crippen LogP contribution is 2.25. The second-order valence-corrected chi connectivity index (χ2v) is 6.46. The van der Waals surface area contributed by atoms with Gasteiger partial charge in [-0.25, -0.2) is 0 Å². The summed E-state index contributed by atoms with van der Waals surface area (Å²) >= 11 is 0. The highest BCUT2D eigenvalue weighted by Gasteiger charge is 2.22. The van der Waals surface area contributed by atoms with E-state index in [1.54, 1.807) is 0 Å². The molecule has 2 aliphatic rings. The Bertz CT molecular complexity index is 512. The Kier molecular flexibility index (Phi) is 4.59. The third-order valence-corrected chi connectivity index (χ3v) is 4.86. The molecule has 3 nitrogen and oxygen atoms in total. The van der Waals surface area contributed by atoms with Gasteiger partial charge in [0.25, 0.3) is 0 Å². The van der Waals surface area contributed by atoms with E-state index in [-0.39, 0.29) is 18.0 Å². The summed E-state index contributed by atoms with van der Waals surface area (Å²) in [5.74, 6) is 0.164. The fourth-order valence-corrected chi connectivity index (χ4v) is 3.52. The molecule has 114 valence electrons. The van der Waals surface area contributed by atoms with E-state index >= 15 is 0 Å². The fourth-order valence-electron chi connectivity index (χ4n) is 3.52. The molecule has 0 radical (unpaired) electrons. The van der Waals surface area contributed by atoms with Gasteiger partial charge in [-0.2, -0.15) is 0 Å². The normalized spacial score (nSPS) is 23.9. The van der Waals surface area contributed by atoms with Gasteiger partial charge in [0.2, 0.25) is 5.91 Å². The Labute approximate surface area is 127 Å². The van der Waals surface area contributed by atoms with Gasteiger partial charge in [0.15, 0.2) is 0 Å². The molecule has 0 saturated carbocycles. The number of rotatable bonds is 3. The molecule has 1 aromatic rings. The first-order chi connectivity index (χ1) is 10.2. The van der Waals surface area contributed by atoms with Gasteiger partial charge in [-0.1, -0.05) is 18.2 Å². The van der Waals surface area contributed by atoms with E-state index in [1.165, 1.54) is 42.4 Å². The minimum Gasteiger partial charge on any atom is -0.355 e. The molecule has 21 heavy (non-hydrogen) atoms. The number of benzene rings is 1. The first-order valence-corrected chi connectivity index (χ1v) is 8.39. The minimum absolute atomic E-state index is 0.0430. The zero-order valence-corrected chi connectivity index (χ0v) is 13.0. The largest absolute Gasteiger partial charge is 0.355 e. The van der Waals surface area contributed by atoms with Crippen molar-refractivity contribution in [3.8, 4) is 0 Å². The van der Waals surface area contributed by atoms with Crippen molar-refractivity contribution in [2.24, 2.45) is 0 Å². The molecule has 3 heteroatoms. The molecule has 0 spiro atoms. The highest BCUT2D eigenvalue weighted by atomic mass is 16.2. The van der Waals surface area contributed by atoms with E-state index in [2.05, 4.69) is 35.8 Å². The maximum Gasteiger partial charge on any atom is 0.237 e. The van der Waals surface area contributed by atoms with Crippen LogP contribution < -0.4 is 10.6 Å². The first kappa shape index (κ1) is 14.6. The fraction of sp³-hybridized carbons (Fsp3) is 0.611. The third kappa shape index (κ3) is 3.46. The second-order valence-electron chi connectivity index (χ2n) is 6.46. The van der Waals surface area contributed by atoms with Crippen LogP contribution in [0.15, 0.2) is 18.2 Å². The Morgan fingerprint density at radius 1 is 1.14 bits per heavy atom. The van der Waals surface area contributed by atoms with E-state index in [0.717, 1.165) is 25.8 Å². The molecule has 1 saturated heterocycles. The van der Waals surface area contributed by atoms with Crippen LogP contribution in [0.1, 0.15) is 61.8 Å². The molecule has 0 aromatic heterocycles. The topological polar surface area (TPSA) is 41.1 Å². The van der Waals surface area contributed by atoms with Crippen molar-refractivity contribution in [3.63, 3.8) is 0 Å². The lowest BCUT2D eigenvalue weighted by Gasteiger charge is -2.23. The molecule has 1 aromatic carbocycles. The van der Waals surface area contributed by atoms with E-state index in [4.69, 9.17) is 0 Å². The standard InChI is InChI=1S/C18H26N2O/c1-13(20-17-8-4-5-11-19-18(17)21)15-10-9-14-6-2-3-7-16(14)12-15/h9-10,12-13,17,20H,2-8,11H2,1H3,(H,19,21)/t13-,17-/m0/s1. The summed E-state index contributed by atoms with van der Waals surface area (Å²) in [6.45, 7) is 2.99. The predicted molar refractivity (Wildman–Crippen MR) is 85.3 cm³/mol. The maximum absolute atomic E-state index is 12.0. The SMILES string of the molecule is C[C@H](N[C@H]1CCCCNC1=O)c1ccc2c(c1)CCCC2. The molecule has 3 rings (SSSR count). The van der Waals surface area contributed by atoms with E-state index in [0.29, 0.717) is 0 Å². The number of fused-ring (bicyclic) bond motifs is 1. The van der Waals surface area contributed by atoms with Crippen molar-refractivity contribution in [1.29, 1.82) is 0 Å². The number of carbonyl (C=O) groups excluding carboxylic acids is 1. The van der Waals surface area contributed by atoms with Crippen LogP contribution in [0.3, 0.4) is 0 Å². The smallest absolute Gasteiger partial charge is 0.237 e. The quantitative estimate of drug-likeness (QED) is 0.897. The Morgan fingerprint density at radius 2 is 1.95 bits per heavy atom. The number of hydrogen-bond donors (Lipinski definition) is 2. The Balaban J connectivity index is 1.69. The molecule has 0 unspecified atom stereocenters. The van der Waals surface area contributed by atoms with Crippen LogP contribution in [-0.4, -0.2) is 18.5 Å². The van der Waals surface area contributed by atoms with Gasteiger partial charge >= 0.3 is 0 Å². The van der Waals surface area contributed by atoms with Crippen molar-refractivity contribution in [1.82, 2.24) is 10.6 Å². The zero-order chi connectivity index (χ0) is 14.7. The summed E-state index contributed by atoms with van der Waals surface area (Å²) < 4.78 is 0. The van der Waals surface area contributed by atoms with Gasteiger partial charge in [-0.15, -0.1) is 0 Å². The number of amides is 1. The van der Waals surface area contributed by atoms with Crippen molar-refractivity contribution in [2.75, 3.05) is 6.54 Å². The molecular formula is C18H26N2O. The molecule has 0 bridgehead atoms. The molecule has 1 heterocycles. The van der Waals surface area contributed by atoms with Gasteiger partial charge in [-0.05, 0) is 68.6 Å². The van der Waals surface area contributed by atoms with E-state index < -0.39 is 0 Å². The number of hydrogen-bond acceptors (Lipinski definition) is 2. The van der Waals surface area contributed by atoms with Crippen LogP contribution in [-0.2, 0) is 17.6 Å². The molecule has 1 aliphatic heterocycles. The summed E-state index contributed by atoms with van der Waals surface area (Å²) in [7, 11) is 0. The van der Waals surface area contributed by atoms with Crippen LogP contribution in [0.5, 0.6) is 0 Å². The lowest BCUT2D eigenvalue weighted by molar-refractivity contribution is -0.123. The number of nitrogens with one attached hydrogen (secondary N) is 2. The van der Waals surface area contributed by atoms with Gasteiger partial charge in [0.1, 0.15) is 0 Å². The number of carbonyl (C=O) groups is 1. The lowest BCUT2D eigenvalue weighted by Crippen LogP contribution is -2.43. The molecule has 2 atom stereocenters. The number of aryl methyl sites for hydroxylation is 2. The summed E-state index contributed by atoms with van der Waals surface area (Å²) in [6.07, 6.45) is 8.22. The molecular weight excluding hydrogens is 260 g/mol. The Morgan fingerprint density at radius 3 is 2.81 bits per heavy atom. The van der Waals surface area contributed by atoms with E-state index in [1.807, 2.05) is 0 Å². The van der Waals surface area contributed by atoms with Gasteiger partial charge < -0.3 is 5.32 Å². The first-order valence-electron chi connectivity index (χ1n) is 8.39. The maximum atomic E-state index is 12.0. The van der Waals surface area contributed by atoms with Crippen molar-refractivity contribution >= 4 is 5.91 Å². The summed E-state index contributed by atoms with van der Waals surface area (Å²) in [4.78, 5) is 12.0. The highest BCUT2D eigenvalue weighted by molar-refractivity contribution is 5.81. The average molecular weight is 286 g/mol. The zero-order valence-electron chi connectivity index (χ0n) is 13.0. The summed E-state index contributed by atoms with van der Waals surface area (Å²) in [6, 6.07) is 7.05. The van der Waals surface area contributed by atoms with Crippen LogP contribution in [0.4, 0.5) is 0 Å². The van der Waals surface area contributed by atoms with Crippen molar-refractivity contribution in [2.45, 2.75) is 64.0 Å². The molecule has 1 amide bonds. The average Bonchev–Trinajstić information content (AvgIpc) is 2.72. The van der Waals surface area contributed by atoms with Crippen LogP contribution >= 0.6 is 0 Å². The molecule has 2 N–H and O–H groups in total. The molecule has 1 fully saturated rings. The summed E-state index contributed by atoms with van der Waals surface area (Å²) in [5, 5.41) is 6.52. The van der Waals surface area contributed by atoms with Crippen LogP contribution in [0.25, 0.3) is 0 Å². The van der Waals surface area contributed by atoms with Gasteiger partial charge in [0, 0.05) is 12.6 Å². The van der Waals surface area contributed by atoms with Gasteiger partial charge in [0.05, 0.1) is 6.04 Å². The van der Waals surface area contributed by atoms with Gasteiger partial charge in [-0.3, -0.25) is 10.1 Å². The van der Waals surface area contributed by atoms with Crippen molar-refractivity contribution < 1.29 is 4.79 Å². The van der Waals surface area contributed by atoms with Crippen LogP contribution in [0, 0.1) is 0 Å². The predicted octanol–water partition coefficient (Wildman–Crippen LogP) is 2.88. The summed E-state index contributed by atoms with van der Waals surface area (Å²) in [5.41, 5.74) is 4.34. The minimum atomic E-state index is -0.0430. The Hall–Kier alpha value is -1.35. The van der Waals surface area contributed by atoms with Crippen molar-refractivity contribution in [3.05, 3.63) is 34.9 Å². The van der Waals surface area contributed by atoms with Crippen LogP contribution in [0.2, 0.25) is 0 Å². The monoisotopic (exact) mass is 286 g/mol. The molecule has 1 aliphatic carbocycles. The second kappa shape index (κ2) is 6.61. The van der Waals surface area contributed by atoms with E-state index in [9.17, 15) is 4.79 Å².